The van der Waals surface area contributed by atoms with E-state index in [-0.39, 0.29) is 18.8 Å². The summed E-state index contributed by atoms with van der Waals surface area (Å²) in [5.74, 6) is -1.98. The van der Waals surface area contributed by atoms with Crippen LogP contribution in [0.5, 0.6) is 0 Å². The maximum Gasteiger partial charge on any atom is 0.340 e. The van der Waals surface area contributed by atoms with Crippen LogP contribution in [-0.2, 0) is 9.53 Å². The maximum absolute atomic E-state index is 14.2. The van der Waals surface area contributed by atoms with Crippen molar-refractivity contribution in [1.82, 2.24) is 0 Å². The zero-order valence-corrected chi connectivity index (χ0v) is 14.0. The Morgan fingerprint density at radius 1 is 1.08 bits per heavy atom. The average molecular weight is 349 g/mol. The molecule has 0 aliphatic heterocycles. The first-order valence-electron chi connectivity index (χ1n) is 7.68. The van der Waals surface area contributed by atoms with Crippen molar-refractivity contribution in [2.24, 2.45) is 0 Å². The Kier molecular flexibility index (Phi) is 6.50. The van der Waals surface area contributed by atoms with E-state index in [9.17, 15) is 14.0 Å². The number of hydrogen-bond donors (Lipinski definition) is 0. The monoisotopic (exact) mass is 348 g/mol. The van der Waals surface area contributed by atoms with Crippen LogP contribution in [0.3, 0.4) is 0 Å². The van der Waals surface area contributed by atoms with E-state index in [2.05, 4.69) is 0 Å². The number of benzene rings is 2. The van der Waals surface area contributed by atoms with Gasteiger partial charge < -0.3 is 4.74 Å². The number of Topliss-reactive ketones (excluding diaryl/α,β-unsaturated/α-hetero) is 1. The lowest BCUT2D eigenvalue weighted by Gasteiger charge is -2.18. The minimum atomic E-state index is -1.86. The van der Waals surface area contributed by atoms with Gasteiger partial charge in [-0.05, 0) is 24.6 Å². The Balaban J connectivity index is 2.29. The normalized spacial score (nSPS) is 13.1. The molecule has 0 fully saturated rings. The number of alkyl halides is 1. The summed E-state index contributed by atoms with van der Waals surface area (Å²) in [6.45, 7) is 1.70. The molecule has 0 saturated heterocycles. The fourth-order valence-electron chi connectivity index (χ4n) is 2.43. The summed E-state index contributed by atoms with van der Waals surface area (Å²) >= 11 is 5.88. The summed E-state index contributed by atoms with van der Waals surface area (Å²) in [6, 6.07) is 15.2. The molecule has 126 valence electrons. The smallest absolute Gasteiger partial charge is 0.340 e. The highest BCUT2D eigenvalue weighted by Gasteiger charge is 2.30. The summed E-state index contributed by atoms with van der Waals surface area (Å²) < 4.78 is 18.9. The molecule has 2 aromatic carbocycles. The Labute approximate surface area is 145 Å². The van der Waals surface area contributed by atoms with Crippen molar-refractivity contribution < 1.29 is 18.7 Å². The number of hydrogen-bond acceptors (Lipinski definition) is 3. The molecule has 0 spiro atoms. The van der Waals surface area contributed by atoms with E-state index in [1.54, 1.807) is 61.5 Å². The van der Waals surface area contributed by atoms with Crippen molar-refractivity contribution in [3.8, 4) is 0 Å². The van der Waals surface area contributed by atoms with Crippen LogP contribution in [0.1, 0.15) is 35.2 Å². The highest BCUT2D eigenvalue weighted by molar-refractivity contribution is 6.30. The fourth-order valence-corrected chi connectivity index (χ4v) is 2.56. The van der Waals surface area contributed by atoms with E-state index in [4.69, 9.17) is 16.3 Å². The van der Waals surface area contributed by atoms with Gasteiger partial charge in [0.15, 0.2) is 12.0 Å². The molecule has 0 saturated carbocycles. The van der Waals surface area contributed by atoms with Crippen LogP contribution < -0.4 is 0 Å². The van der Waals surface area contributed by atoms with Crippen LogP contribution >= 0.6 is 11.6 Å². The number of ether oxygens (including phenoxy) is 1. The van der Waals surface area contributed by atoms with E-state index in [0.29, 0.717) is 16.1 Å². The van der Waals surface area contributed by atoms with Gasteiger partial charge in [-0.15, -0.1) is 0 Å². The van der Waals surface area contributed by atoms with Gasteiger partial charge in [0.1, 0.15) is 0 Å². The van der Waals surface area contributed by atoms with Gasteiger partial charge >= 0.3 is 5.97 Å². The Hall–Kier alpha value is -2.20. The summed E-state index contributed by atoms with van der Waals surface area (Å²) in [5, 5.41) is 0.520. The number of carbonyl (C=O) groups is 2. The molecular formula is C19H18ClFO3. The molecule has 2 rings (SSSR count). The molecule has 24 heavy (non-hydrogen) atoms. The number of ketones is 1. The molecule has 5 heteroatoms. The molecule has 0 aliphatic rings. The predicted molar refractivity (Wildman–Crippen MR) is 91.1 cm³/mol. The average Bonchev–Trinajstić information content (AvgIpc) is 2.60. The predicted octanol–water partition coefficient (Wildman–Crippen LogP) is 4.60. The first-order chi connectivity index (χ1) is 11.5. The van der Waals surface area contributed by atoms with Crippen molar-refractivity contribution >= 4 is 23.4 Å². The van der Waals surface area contributed by atoms with Crippen LogP contribution in [0.25, 0.3) is 0 Å². The van der Waals surface area contributed by atoms with E-state index in [1.165, 1.54) is 0 Å². The molecular weight excluding hydrogens is 331 g/mol. The van der Waals surface area contributed by atoms with Gasteiger partial charge in [-0.2, -0.15) is 0 Å². The van der Waals surface area contributed by atoms with Gasteiger partial charge in [-0.3, -0.25) is 4.79 Å². The number of rotatable bonds is 7. The molecule has 0 bridgehead atoms. The molecule has 0 heterocycles. The Bertz CT molecular complexity index is 686. The Morgan fingerprint density at radius 3 is 2.29 bits per heavy atom. The highest BCUT2D eigenvalue weighted by Crippen LogP contribution is 2.28. The summed E-state index contributed by atoms with van der Waals surface area (Å²) in [4.78, 5) is 24.4. The van der Waals surface area contributed by atoms with Crippen LogP contribution in [0.4, 0.5) is 4.39 Å². The standard InChI is InChI=1S/C19H18ClFO3/c1-2-24-19(23)17(21)12-16(13-8-10-15(20)11-9-13)18(22)14-6-4-3-5-7-14/h3-11,16-17H,2,12H2,1H3/t16?,17-/m0/s1. The quantitative estimate of drug-likeness (QED) is 0.542. The van der Waals surface area contributed by atoms with Gasteiger partial charge in [-0.1, -0.05) is 54.1 Å². The first-order valence-corrected chi connectivity index (χ1v) is 8.06. The lowest BCUT2D eigenvalue weighted by Crippen LogP contribution is -2.25. The molecule has 2 atom stereocenters. The van der Waals surface area contributed by atoms with Crippen molar-refractivity contribution in [2.45, 2.75) is 25.4 Å². The van der Waals surface area contributed by atoms with Crippen molar-refractivity contribution in [2.75, 3.05) is 6.61 Å². The second kappa shape index (κ2) is 8.60. The maximum atomic E-state index is 14.2. The van der Waals surface area contributed by atoms with E-state index >= 15 is 0 Å². The number of halogens is 2. The van der Waals surface area contributed by atoms with E-state index in [1.807, 2.05) is 0 Å². The van der Waals surface area contributed by atoms with Crippen LogP contribution in [0.2, 0.25) is 5.02 Å². The van der Waals surface area contributed by atoms with Crippen LogP contribution in [-0.4, -0.2) is 24.5 Å². The molecule has 2 aromatic rings. The SMILES string of the molecule is CCOC(=O)[C@@H](F)CC(C(=O)c1ccccc1)c1ccc(Cl)cc1. The van der Waals surface area contributed by atoms with E-state index in [0.717, 1.165) is 0 Å². The van der Waals surface area contributed by atoms with Gasteiger partial charge in [0, 0.05) is 17.0 Å². The zero-order chi connectivity index (χ0) is 17.5. The molecule has 0 radical (unpaired) electrons. The summed E-state index contributed by atoms with van der Waals surface area (Å²) in [7, 11) is 0. The topological polar surface area (TPSA) is 43.4 Å². The first kappa shape index (κ1) is 18.1. The minimum absolute atomic E-state index is 0.0947. The zero-order valence-electron chi connectivity index (χ0n) is 13.2. The molecule has 0 aromatic heterocycles. The Morgan fingerprint density at radius 2 is 1.71 bits per heavy atom. The molecule has 1 unspecified atom stereocenters. The fraction of sp³-hybridized carbons (Fsp3) is 0.263. The van der Waals surface area contributed by atoms with Crippen LogP contribution in [0, 0.1) is 0 Å². The second-order valence-electron chi connectivity index (χ2n) is 5.29. The van der Waals surface area contributed by atoms with Gasteiger partial charge in [0.05, 0.1) is 12.5 Å². The van der Waals surface area contributed by atoms with Gasteiger partial charge in [0.25, 0.3) is 0 Å². The lowest BCUT2D eigenvalue weighted by molar-refractivity contribution is -0.149. The highest BCUT2D eigenvalue weighted by atomic mass is 35.5. The summed E-state index contributed by atoms with van der Waals surface area (Å²) in [6.07, 6.45) is -2.13. The largest absolute Gasteiger partial charge is 0.464 e. The number of carbonyl (C=O) groups excluding carboxylic acids is 2. The van der Waals surface area contributed by atoms with Crippen molar-refractivity contribution in [1.29, 1.82) is 0 Å². The molecule has 0 N–H and O–H groups in total. The molecule has 0 amide bonds. The van der Waals surface area contributed by atoms with Crippen molar-refractivity contribution in [3.63, 3.8) is 0 Å². The molecule has 3 nitrogen and oxygen atoms in total. The molecule has 0 aliphatic carbocycles. The van der Waals surface area contributed by atoms with Gasteiger partial charge in [-0.25, -0.2) is 9.18 Å². The van der Waals surface area contributed by atoms with Gasteiger partial charge in [0.2, 0.25) is 0 Å². The van der Waals surface area contributed by atoms with Crippen molar-refractivity contribution in [3.05, 3.63) is 70.7 Å². The third kappa shape index (κ3) is 4.65. The third-order valence-corrected chi connectivity index (χ3v) is 3.88. The summed E-state index contributed by atoms with van der Waals surface area (Å²) in [5.41, 5.74) is 1.08. The van der Waals surface area contributed by atoms with E-state index < -0.39 is 18.1 Å². The van der Waals surface area contributed by atoms with Crippen LogP contribution in [0.15, 0.2) is 54.6 Å². The minimum Gasteiger partial charge on any atom is -0.464 e. The lowest BCUT2D eigenvalue weighted by atomic mass is 9.86. The third-order valence-electron chi connectivity index (χ3n) is 3.63. The second-order valence-corrected chi connectivity index (χ2v) is 5.73. The number of esters is 1.